The highest BCUT2D eigenvalue weighted by Gasteiger charge is 2.19. The van der Waals surface area contributed by atoms with Crippen LogP contribution in [0.4, 0.5) is 5.69 Å². The molecule has 0 fully saturated rings. The highest BCUT2D eigenvalue weighted by molar-refractivity contribution is 5.83. The second-order valence-corrected chi connectivity index (χ2v) is 3.57. The Morgan fingerprint density at radius 1 is 1.45 bits per heavy atom. The molecule has 1 heterocycles. The van der Waals surface area contributed by atoms with Crippen LogP contribution in [-0.2, 0) is 6.61 Å². The second kappa shape index (κ2) is 5.78. The standard InChI is InChI=1S/C11H9N3O6/c1-18-9-2-7(4-15)8(14(16)17)3-10(9)19-5-11-12-6-20-13-11/h2-4,6H,5H2,1H3. The van der Waals surface area contributed by atoms with E-state index in [0.29, 0.717) is 6.29 Å². The summed E-state index contributed by atoms with van der Waals surface area (Å²) in [6.45, 7) is -0.0511. The zero-order chi connectivity index (χ0) is 14.5. The number of hydrogen-bond donors (Lipinski definition) is 0. The number of nitrogens with zero attached hydrogens (tertiary/aromatic N) is 3. The van der Waals surface area contributed by atoms with Crippen molar-refractivity contribution in [1.82, 2.24) is 10.1 Å². The fourth-order valence-corrected chi connectivity index (χ4v) is 1.49. The quantitative estimate of drug-likeness (QED) is 0.442. The Morgan fingerprint density at radius 3 is 2.80 bits per heavy atom. The summed E-state index contributed by atoms with van der Waals surface area (Å²) in [7, 11) is 1.36. The molecule has 0 bridgehead atoms. The van der Waals surface area contributed by atoms with Crippen LogP contribution in [-0.4, -0.2) is 28.5 Å². The summed E-state index contributed by atoms with van der Waals surface area (Å²) in [5, 5.41) is 14.4. The Hall–Kier alpha value is -2.97. The molecule has 1 aromatic carbocycles. The summed E-state index contributed by atoms with van der Waals surface area (Å²) in [5.41, 5.74) is -0.470. The van der Waals surface area contributed by atoms with Crippen LogP contribution in [0.1, 0.15) is 16.2 Å². The molecule has 0 saturated carbocycles. The molecule has 0 amide bonds. The zero-order valence-electron chi connectivity index (χ0n) is 10.3. The first-order valence-corrected chi connectivity index (χ1v) is 5.35. The van der Waals surface area contributed by atoms with E-state index in [-0.39, 0.29) is 35.2 Å². The van der Waals surface area contributed by atoms with Crippen LogP contribution in [0.2, 0.25) is 0 Å². The third kappa shape index (κ3) is 2.71. The van der Waals surface area contributed by atoms with E-state index >= 15 is 0 Å². The van der Waals surface area contributed by atoms with E-state index in [2.05, 4.69) is 14.7 Å². The maximum atomic E-state index is 10.9. The highest BCUT2D eigenvalue weighted by atomic mass is 16.6. The van der Waals surface area contributed by atoms with Gasteiger partial charge in [-0.15, -0.1) is 0 Å². The van der Waals surface area contributed by atoms with Gasteiger partial charge in [-0.1, -0.05) is 5.16 Å². The molecule has 0 aliphatic carbocycles. The smallest absolute Gasteiger partial charge is 0.283 e. The predicted molar refractivity (Wildman–Crippen MR) is 63.7 cm³/mol. The van der Waals surface area contributed by atoms with Gasteiger partial charge in [-0.25, -0.2) is 0 Å². The molecule has 2 rings (SSSR count). The number of rotatable bonds is 6. The lowest BCUT2D eigenvalue weighted by molar-refractivity contribution is -0.385. The van der Waals surface area contributed by atoms with Gasteiger partial charge in [-0.05, 0) is 0 Å². The first kappa shape index (κ1) is 13.5. The summed E-state index contributed by atoms with van der Waals surface area (Å²) in [5.74, 6) is 0.574. The number of carbonyl (C=O) groups excluding carboxylic acids is 1. The molecule has 0 atom stereocenters. The zero-order valence-corrected chi connectivity index (χ0v) is 10.3. The maximum Gasteiger partial charge on any atom is 0.283 e. The van der Waals surface area contributed by atoms with Crippen LogP contribution in [0.5, 0.6) is 11.5 Å². The highest BCUT2D eigenvalue weighted by Crippen LogP contribution is 2.34. The molecule has 9 nitrogen and oxygen atoms in total. The molecule has 0 aliphatic rings. The van der Waals surface area contributed by atoms with Gasteiger partial charge < -0.3 is 14.0 Å². The second-order valence-electron chi connectivity index (χ2n) is 3.57. The number of aldehydes is 1. The molecule has 0 spiro atoms. The van der Waals surface area contributed by atoms with Crippen LogP contribution in [0.25, 0.3) is 0 Å². The lowest BCUT2D eigenvalue weighted by atomic mass is 10.1. The minimum atomic E-state index is -0.676. The van der Waals surface area contributed by atoms with Crippen molar-refractivity contribution < 1.29 is 23.7 Å². The Balaban J connectivity index is 2.32. The van der Waals surface area contributed by atoms with Crippen molar-refractivity contribution in [2.24, 2.45) is 0 Å². The average molecular weight is 279 g/mol. The van der Waals surface area contributed by atoms with Gasteiger partial charge in [0, 0.05) is 6.07 Å². The topological polar surface area (TPSA) is 118 Å². The van der Waals surface area contributed by atoms with Gasteiger partial charge in [0.05, 0.1) is 23.7 Å². The van der Waals surface area contributed by atoms with E-state index in [9.17, 15) is 14.9 Å². The van der Waals surface area contributed by atoms with Crippen LogP contribution in [0, 0.1) is 10.1 Å². The molecule has 9 heteroatoms. The van der Waals surface area contributed by atoms with E-state index in [1.807, 2.05) is 0 Å². The normalized spacial score (nSPS) is 10.1. The van der Waals surface area contributed by atoms with E-state index in [1.54, 1.807) is 0 Å². The first-order valence-electron chi connectivity index (χ1n) is 5.35. The van der Waals surface area contributed by atoms with Gasteiger partial charge in [-0.3, -0.25) is 14.9 Å². The molecule has 0 radical (unpaired) electrons. The van der Waals surface area contributed by atoms with Gasteiger partial charge >= 0.3 is 0 Å². The fraction of sp³-hybridized carbons (Fsp3) is 0.182. The molecule has 0 saturated heterocycles. The Bertz CT molecular complexity index is 625. The SMILES string of the molecule is COc1cc(C=O)c([N+](=O)[O-])cc1OCc1ncon1. The number of benzene rings is 1. The number of ether oxygens (including phenoxy) is 2. The molecular weight excluding hydrogens is 270 g/mol. The minimum absolute atomic E-state index is 0.0511. The van der Waals surface area contributed by atoms with Crippen molar-refractivity contribution in [2.45, 2.75) is 6.61 Å². The van der Waals surface area contributed by atoms with Crippen LogP contribution >= 0.6 is 0 Å². The van der Waals surface area contributed by atoms with Crippen molar-refractivity contribution in [3.8, 4) is 11.5 Å². The van der Waals surface area contributed by atoms with Gasteiger partial charge in [-0.2, -0.15) is 4.98 Å². The number of methoxy groups -OCH3 is 1. The molecule has 1 aromatic heterocycles. The Labute approximate surface area is 112 Å². The molecular formula is C11H9N3O6. The summed E-state index contributed by atoms with van der Waals surface area (Å²) in [6, 6.07) is 2.35. The lowest BCUT2D eigenvalue weighted by Crippen LogP contribution is -2.02. The van der Waals surface area contributed by atoms with Crippen molar-refractivity contribution >= 4 is 12.0 Å². The van der Waals surface area contributed by atoms with Gasteiger partial charge in [0.1, 0.15) is 0 Å². The molecule has 104 valence electrons. The third-order valence-electron chi connectivity index (χ3n) is 2.40. The number of nitro benzene ring substituents is 1. The van der Waals surface area contributed by atoms with Crippen LogP contribution in [0.3, 0.4) is 0 Å². The van der Waals surface area contributed by atoms with Crippen LogP contribution < -0.4 is 9.47 Å². The maximum absolute atomic E-state index is 10.9. The molecule has 0 N–H and O–H groups in total. The third-order valence-corrected chi connectivity index (χ3v) is 2.40. The number of carbonyl (C=O) groups is 1. The summed E-state index contributed by atoms with van der Waals surface area (Å²) >= 11 is 0. The van der Waals surface area contributed by atoms with E-state index in [0.717, 1.165) is 12.5 Å². The largest absolute Gasteiger partial charge is 0.493 e. The summed E-state index contributed by atoms with van der Waals surface area (Å²) in [4.78, 5) is 24.8. The lowest BCUT2D eigenvalue weighted by Gasteiger charge is -2.09. The monoisotopic (exact) mass is 279 g/mol. The van der Waals surface area contributed by atoms with Crippen molar-refractivity contribution in [3.05, 3.63) is 40.0 Å². The summed E-state index contributed by atoms with van der Waals surface area (Å²) < 4.78 is 14.9. The van der Waals surface area contributed by atoms with E-state index in [1.165, 1.54) is 13.2 Å². The number of aromatic nitrogens is 2. The van der Waals surface area contributed by atoms with Crippen molar-refractivity contribution in [1.29, 1.82) is 0 Å². The van der Waals surface area contributed by atoms with E-state index in [4.69, 9.17) is 9.47 Å². The molecule has 0 unspecified atom stereocenters. The van der Waals surface area contributed by atoms with Crippen LogP contribution in [0.15, 0.2) is 23.0 Å². The van der Waals surface area contributed by atoms with Crippen molar-refractivity contribution in [3.63, 3.8) is 0 Å². The first-order chi connectivity index (χ1) is 9.65. The summed E-state index contributed by atoms with van der Waals surface area (Å²) in [6.07, 6.45) is 1.51. The number of nitro groups is 1. The molecule has 20 heavy (non-hydrogen) atoms. The Morgan fingerprint density at radius 2 is 2.25 bits per heavy atom. The van der Waals surface area contributed by atoms with E-state index < -0.39 is 4.92 Å². The molecule has 2 aromatic rings. The fourth-order valence-electron chi connectivity index (χ4n) is 1.49. The minimum Gasteiger partial charge on any atom is -0.493 e. The predicted octanol–water partition coefficient (Wildman–Crippen LogP) is 1.38. The van der Waals surface area contributed by atoms with Gasteiger partial charge in [0.2, 0.25) is 12.2 Å². The van der Waals surface area contributed by atoms with Crippen molar-refractivity contribution in [2.75, 3.05) is 7.11 Å². The molecule has 0 aliphatic heterocycles. The van der Waals surface area contributed by atoms with Gasteiger partial charge in [0.15, 0.2) is 24.4 Å². The average Bonchev–Trinajstić information content (AvgIpc) is 2.97. The number of hydrogen-bond acceptors (Lipinski definition) is 8. The Kier molecular flexibility index (Phi) is 3.89. The van der Waals surface area contributed by atoms with Gasteiger partial charge in [0.25, 0.3) is 5.69 Å².